The Bertz CT molecular complexity index is 688. The molecule has 1 fully saturated rings. The molecular weight excluding hydrogens is 428 g/mol. The second-order valence-electron chi connectivity index (χ2n) is 8.00. The van der Waals surface area contributed by atoms with E-state index in [-0.39, 0.29) is 37.5 Å². The molecule has 3 amide bonds. The second-order valence-corrected chi connectivity index (χ2v) is 8.37. The summed E-state index contributed by atoms with van der Waals surface area (Å²) in [5.74, 6) is -4.04. The molecule has 12 heteroatoms. The number of amides is 3. The van der Waals surface area contributed by atoms with Gasteiger partial charge in [-0.05, 0) is 31.6 Å². The Morgan fingerprint density at radius 1 is 1.10 bits per heavy atom. The van der Waals surface area contributed by atoms with Crippen LogP contribution in [-0.2, 0) is 24.0 Å². The quantitative estimate of drug-likeness (QED) is 0.205. The lowest BCUT2D eigenvalue weighted by molar-refractivity contribution is -0.149. The number of likely N-dealkylation sites (tertiary alicyclic amines) is 1. The Kier molecular flexibility index (Phi) is 10.8. The second kappa shape index (κ2) is 12.5. The highest BCUT2D eigenvalue weighted by molar-refractivity contribution is 7.80. The zero-order valence-corrected chi connectivity index (χ0v) is 18.6. The highest BCUT2D eigenvalue weighted by Gasteiger charge is 2.38. The van der Waals surface area contributed by atoms with Crippen molar-refractivity contribution in [2.75, 3.05) is 12.3 Å². The zero-order valence-electron chi connectivity index (χ0n) is 17.7. The van der Waals surface area contributed by atoms with E-state index in [1.165, 1.54) is 4.90 Å². The van der Waals surface area contributed by atoms with E-state index in [0.29, 0.717) is 12.8 Å². The number of aliphatic carboxylic acids is 2. The van der Waals surface area contributed by atoms with Gasteiger partial charge in [0.1, 0.15) is 18.1 Å². The number of carboxylic acid groups (broad SMARTS) is 2. The molecular formula is C19H32N4O7S. The molecule has 0 aromatic heterocycles. The van der Waals surface area contributed by atoms with Gasteiger partial charge in [-0.15, -0.1) is 0 Å². The number of nitrogens with zero attached hydrogens (tertiary/aromatic N) is 1. The van der Waals surface area contributed by atoms with Crippen LogP contribution < -0.4 is 16.4 Å². The number of carbonyl (C=O) groups excluding carboxylic acids is 3. The smallest absolute Gasteiger partial charge is 0.326 e. The number of hydrogen-bond donors (Lipinski definition) is 6. The van der Waals surface area contributed by atoms with Gasteiger partial charge in [0.25, 0.3) is 0 Å². The topological polar surface area (TPSA) is 179 Å². The summed E-state index contributed by atoms with van der Waals surface area (Å²) in [6.07, 6.45) is 0.788. The van der Waals surface area contributed by atoms with Gasteiger partial charge >= 0.3 is 11.9 Å². The predicted octanol–water partition coefficient (Wildman–Crippen LogP) is -0.800. The lowest BCUT2D eigenvalue weighted by Crippen LogP contribution is -2.58. The SMILES string of the molecule is CC(C)CC(NC(=O)C(N)CCC(=O)O)C(=O)NC(CS)C(=O)N1CCCC1C(=O)O. The first-order valence-electron chi connectivity index (χ1n) is 10.2. The van der Waals surface area contributed by atoms with Crippen molar-refractivity contribution in [1.29, 1.82) is 0 Å². The molecule has 176 valence electrons. The van der Waals surface area contributed by atoms with Gasteiger partial charge in [0.15, 0.2) is 0 Å². The summed E-state index contributed by atoms with van der Waals surface area (Å²) < 4.78 is 0. The first kappa shape index (κ1) is 26.7. The zero-order chi connectivity index (χ0) is 23.7. The first-order chi connectivity index (χ1) is 14.5. The van der Waals surface area contributed by atoms with Crippen LogP contribution in [0.4, 0.5) is 0 Å². The van der Waals surface area contributed by atoms with Gasteiger partial charge in [0.05, 0.1) is 6.04 Å². The molecule has 1 aliphatic rings. The molecule has 1 aliphatic heterocycles. The van der Waals surface area contributed by atoms with Crippen molar-refractivity contribution in [3.8, 4) is 0 Å². The number of rotatable bonds is 12. The molecule has 0 radical (unpaired) electrons. The normalized spacial score (nSPS) is 18.9. The summed E-state index contributed by atoms with van der Waals surface area (Å²) in [5.41, 5.74) is 5.71. The molecule has 0 aromatic carbocycles. The van der Waals surface area contributed by atoms with Crippen LogP contribution in [-0.4, -0.2) is 81.2 Å². The largest absolute Gasteiger partial charge is 0.481 e. The summed E-state index contributed by atoms with van der Waals surface area (Å²) in [5, 5.41) is 23.1. The molecule has 1 rings (SSSR count). The number of nitrogens with one attached hydrogen (secondary N) is 2. The van der Waals surface area contributed by atoms with Crippen molar-refractivity contribution in [3.63, 3.8) is 0 Å². The summed E-state index contributed by atoms with van der Waals surface area (Å²) >= 11 is 4.12. The van der Waals surface area contributed by atoms with Crippen LogP contribution in [0.25, 0.3) is 0 Å². The highest BCUT2D eigenvalue weighted by atomic mass is 32.1. The van der Waals surface area contributed by atoms with Gasteiger partial charge in [-0.3, -0.25) is 19.2 Å². The van der Waals surface area contributed by atoms with Crippen molar-refractivity contribution in [2.45, 2.75) is 70.1 Å². The van der Waals surface area contributed by atoms with Gasteiger partial charge in [0, 0.05) is 18.7 Å². The summed E-state index contributed by atoms with van der Waals surface area (Å²) in [6.45, 7) is 3.97. The van der Waals surface area contributed by atoms with E-state index >= 15 is 0 Å². The van der Waals surface area contributed by atoms with E-state index in [1.54, 1.807) is 0 Å². The molecule has 11 nitrogen and oxygen atoms in total. The average molecular weight is 461 g/mol. The predicted molar refractivity (Wildman–Crippen MR) is 114 cm³/mol. The number of nitrogens with two attached hydrogens (primary N) is 1. The molecule has 0 aliphatic carbocycles. The fourth-order valence-electron chi connectivity index (χ4n) is 3.34. The molecule has 4 atom stereocenters. The van der Waals surface area contributed by atoms with Gasteiger partial charge < -0.3 is 31.5 Å². The Morgan fingerprint density at radius 2 is 1.71 bits per heavy atom. The van der Waals surface area contributed by atoms with Crippen molar-refractivity contribution in [1.82, 2.24) is 15.5 Å². The molecule has 0 bridgehead atoms. The van der Waals surface area contributed by atoms with Gasteiger partial charge in [-0.1, -0.05) is 13.8 Å². The molecule has 31 heavy (non-hydrogen) atoms. The third kappa shape index (κ3) is 8.37. The Balaban J connectivity index is 2.84. The third-order valence-electron chi connectivity index (χ3n) is 4.96. The Morgan fingerprint density at radius 3 is 2.23 bits per heavy atom. The maximum absolute atomic E-state index is 12.8. The fourth-order valence-corrected chi connectivity index (χ4v) is 3.58. The van der Waals surface area contributed by atoms with Crippen LogP contribution in [0.2, 0.25) is 0 Å². The van der Waals surface area contributed by atoms with E-state index in [9.17, 15) is 29.1 Å². The third-order valence-corrected chi connectivity index (χ3v) is 5.33. The molecule has 0 aromatic rings. The van der Waals surface area contributed by atoms with E-state index in [4.69, 9.17) is 10.8 Å². The van der Waals surface area contributed by atoms with E-state index < -0.39 is 53.8 Å². The average Bonchev–Trinajstić information content (AvgIpc) is 3.18. The molecule has 4 unspecified atom stereocenters. The number of carbonyl (C=O) groups is 5. The minimum atomic E-state index is -1.10. The van der Waals surface area contributed by atoms with E-state index in [1.807, 2.05) is 13.8 Å². The standard InChI is InChI=1S/C19H32N4O7S/c1-10(2)8-12(21-16(26)11(20)5-6-15(24)25)17(27)22-13(9-31)18(28)23-7-3-4-14(23)19(29)30/h10-14,31H,3-9,20H2,1-2H3,(H,21,26)(H,22,27)(H,24,25)(H,29,30). The van der Waals surface area contributed by atoms with Crippen LogP contribution in [0.1, 0.15) is 46.0 Å². The minimum Gasteiger partial charge on any atom is -0.481 e. The fraction of sp³-hybridized carbons (Fsp3) is 0.737. The molecule has 1 saturated heterocycles. The summed E-state index contributed by atoms with van der Waals surface area (Å²) in [6, 6.07) is -4.08. The van der Waals surface area contributed by atoms with Crippen LogP contribution in [0.15, 0.2) is 0 Å². The van der Waals surface area contributed by atoms with Crippen molar-refractivity contribution in [2.24, 2.45) is 11.7 Å². The minimum absolute atomic E-state index is 0.0198. The number of thiol groups is 1. The maximum atomic E-state index is 12.8. The summed E-state index contributed by atoms with van der Waals surface area (Å²) in [4.78, 5) is 61.2. The van der Waals surface area contributed by atoms with Crippen LogP contribution in [0.5, 0.6) is 0 Å². The van der Waals surface area contributed by atoms with Crippen LogP contribution in [0, 0.1) is 5.92 Å². The maximum Gasteiger partial charge on any atom is 0.326 e. The van der Waals surface area contributed by atoms with Gasteiger partial charge in [0.2, 0.25) is 17.7 Å². The van der Waals surface area contributed by atoms with Crippen molar-refractivity contribution in [3.05, 3.63) is 0 Å². The Hall–Kier alpha value is -2.34. The van der Waals surface area contributed by atoms with Gasteiger partial charge in [-0.25, -0.2) is 4.79 Å². The number of carboxylic acids is 2. The van der Waals surface area contributed by atoms with E-state index in [2.05, 4.69) is 23.3 Å². The monoisotopic (exact) mass is 460 g/mol. The van der Waals surface area contributed by atoms with Crippen molar-refractivity contribution < 1.29 is 34.2 Å². The van der Waals surface area contributed by atoms with Crippen molar-refractivity contribution >= 4 is 42.3 Å². The molecule has 6 N–H and O–H groups in total. The van der Waals surface area contributed by atoms with Crippen LogP contribution in [0.3, 0.4) is 0 Å². The van der Waals surface area contributed by atoms with Crippen LogP contribution >= 0.6 is 12.6 Å². The molecule has 0 saturated carbocycles. The van der Waals surface area contributed by atoms with Gasteiger partial charge in [-0.2, -0.15) is 12.6 Å². The molecule has 0 spiro atoms. The lowest BCUT2D eigenvalue weighted by Gasteiger charge is -2.28. The summed E-state index contributed by atoms with van der Waals surface area (Å²) in [7, 11) is 0. The number of hydrogen-bond acceptors (Lipinski definition) is 7. The Labute approximate surface area is 186 Å². The molecule has 1 heterocycles. The lowest BCUT2D eigenvalue weighted by atomic mass is 10.0. The van der Waals surface area contributed by atoms with E-state index in [0.717, 1.165) is 0 Å². The highest BCUT2D eigenvalue weighted by Crippen LogP contribution is 2.19. The first-order valence-corrected chi connectivity index (χ1v) is 10.8.